The van der Waals surface area contributed by atoms with Crippen molar-refractivity contribution in [1.29, 1.82) is 0 Å². The van der Waals surface area contributed by atoms with Crippen molar-refractivity contribution >= 4 is 0 Å². The van der Waals surface area contributed by atoms with Gasteiger partial charge in [0.05, 0.1) is 12.0 Å². The molecule has 7 heteroatoms. The molecule has 0 radical (unpaired) electrons. The monoisotopic (exact) mass is 391 g/mol. The molecule has 4 rings (SSSR count). The van der Waals surface area contributed by atoms with Crippen LogP contribution in [-0.4, -0.2) is 37.1 Å². The molecule has 3 aromatic heterocycles. The van der Waals surface area contributed by atoms with Crippen LogP contribution in [0.4, 0.5) is 0 Å². The van der Waals surface area contributed by atoms with E-state index >= 15 is 0 Å². The van der Waals surface area contributed by atoms with Crippen molar-refractivity contribution in [3.05, 3.63) is 81.5 Å². The number of piperidine rings is 1. The Kier molecular flexibility index (Phi) is 5.67. The second-order valence-electron chi connectivity index (χ2n) is 7.71. The normalized spacial score (nSPS) is 15.5. The number of hydrogen-bond donors (Lipinski definition) is 0. The molecular weight excluding hydrogens is 366 g/mol. The van der Waals surface area contributed by atoms with Gasteiger partial charge >= 0.3 is 0 Å². The third-order valence-electron chi connectivity index (χ3n) is 5.55. The molecule has 1 aliphatic heterocycles. The van der Waals surface area contributed by atoms with Gasteiger partial charge in [0.1, 0.15) is 0 Å². The van der Waals surface area contributed by atoms with Gasteiger partial charge in [-0.3, -0.25) is 24.0 Å². The summed E-state index contributed by atoms with van der Waals surface area (Å²) in [5.74, 6) is 0.468. The van der Waals surface area contributed by atoms with Gasteiger partial charge in [-0.1, -0.05) is 6.07 Å². The topological polar surface area (TPSA) is 73.0 Å². The van der Waals surface area contributed by atoms with Gasteiger partial charge in [-0.2, -0.15) is 0 Å². The van der Waals surface area contributed by atoms with E-state index in [-0.39, 0.29) is 11.1 Å². The fourth-order valence-electron chi connectivity index (χ4n) is 3.84. The van der Waals surface area contributed by atoms with Crippen LogP contribution in [0.3, 0.4) is 0 Å². The Hall–Kier alpha value is -3.06. The lowest BCUT2D eigenvalue weighted by atomic mass is 9.96. The third-order valence-corrected chi connectivity index (χ3v) is 5.55. The van der Waals surface area contributed by atoms with Crippen LogP contribution in [-0.2, 0) is 20.1 Å². The van der Waals surface area contributed by atoms with Crippen molar-refractivity contribution in [2.24, 2.45) is 13.0 Å². The highest BCUT2D eigenvalue weighted by molar-refractivity contribution is 5.56. The molecule has 0 atom stereocenters. The van der Waals surface area contributed by atoms with Crippen LogP contribution in [0, 0.1) is 5.92 Å². The average Bonchev–Trinajstić information content (AvgIpc) is 2.74. The zero-order valence-corrected chi connectivity index (χ0v) is 16.6. The van der Waals surface area contributed by atoms with Crippen LogP contribution in [0.25, 0.3) is 11.3 Å². The van der Waals surface area contributed by atoms with Crippen LogP contribution in [0.1, 0.15) is 18.4 Å². The largest absolute Gasteiger partial charge is 0.318 e. The van der Waals surface area contributed by atoms with E-state index in [1.807, 2.05) is 24.4 Å². The zero-order chi connectivity index (χ0) is 20.2. The van der Waals surface area contributed by atoms with E-state index < -0.39 is 0 Å². The predicted octanol–water partition coefficient (Wildman–Crippen LogP) is 1.92. The number of likely N-dealkylation sites (tertiary alicyclic amines) is 1. The smallest absolute Gasteiger partial charge is 0.253 e. The van der Waals surface area contributed by atoms with Crippen LogP contribution >= 0.6 is 0 Å². The predicted molar refractivity (Wildman–Crippen MR) is 111 cm³/mol. The number of nitrogens with zero attached hydrogens (tertiary/aromatic N) is 5. The maximum absolute atomic E-state index is 12.5. The summed E-state index contributed by atoms with van der Waals surface area (Å²) in [6.07, 6.45) is 9.07. The van der Waals surface area contributed by atoms with Gasteiger partial charge < -0.3 is 4.57 Å². The van der Waals surface area contributed by atoms with Gasteiger partial charge in [-0.05, 0) is 49.5 Å². The Bertz CT molecular complexity index is 1080. The van der Waals surface area contributed by atoms with E-state index in [1.54, 1.807) is 47.0 Å². The SMILES string of the molecule is Cn1cc(CN2CCC(Cn3cnc(-c4cccnc4)cc3=O)CC2)ccc1=O. The van der Waals surface area contributed by atoms with Gasteiger partial charge in [0, 0.05) is 56.4 Å². The van der Waals surface area contributed by atoms with E-state index in [4.69, 9.17) is 0 Å². The standard InChI is InChI=1S/C22H25N5O2/c1-25-13-18(4-5-21(25)28)14-26-9-6-17(7-10-26)15-27-16-24-20(11-22(27)29)19-3-2-8-23-12-19/h2-5,8,11-13,16-17H,6-7,9-10,14-15H2,1H3. The fraction of sp³-hybridized carbons (Fsp3) is 0.364. The first-order valence-corrected chi connectivity index (χ1v) is 9.93. The van der Waals surface area contributed by atoms with Gasteiger partial charge in [-0.15, -0.1) is 0 Å². The fourth-order valence-corrected chi connectivity index (χ4v) is 3.84. The molecule has 0 unspecified atom stereocenters. The molecule has 0 N–H and O–H groups in total. The number of hydrogen-bond acceptors (Lipinski definition) is 5. The molecule has 0 amide bonds. The summed E-state index contributed by atoms with van der Waals surface area (Å²) in [6, 6.07) is 8.86. The molecule has 150 valence electrons. The van der Waals surface area contributed by atoms with E-state index in [0.29, 0.717) is 18.2 Å². The molecule has 1 fully saturated rings. The highest BCUT2D eigenvalue weighted by atomic mass is 16.1. The highest BCUT2D eigenvalue weighted by Crippen LogP contribution is 2.20. The Morgan fingerprint density at radius 1 is 1.10 bits per heavy atom. The van der Waals surface area contributed by atoms with Crippen molar-refractivity contribution in [2.45, 2.75) is 25.9 Å². The highest BCUT2D eigenvalue weighted by Gasteiger charge is 2.20. The Morgan fingerprint density at radius 3 is 2.62 bits per heavy atom. The first kappa shape index (κ1) is 19.3. The Morgan fingerprint density at radius 2 is 1.93 bits per heavy atom. The molecule has 29 heavy (non-hydrogen) atoms. The second kappa shape index (κ2) is 8.53. The lowest BCUT2D eigenvalue weighted by Crippen LogP contribution is -2.36. The summed E-state index contributed by atoms with van der Waals surface area (Å²) in [4.78, 5) is 35.0. The maximum atomic E-state index is 12.5. The van der Waals surface area contributed by atoms with E-state index in [1.165, 1.54) is 0 Å². The average molecular weight is 391 g/mol. The summed E-state index contributed by atoms with van der Waals surface area (Å²) >= 11 is 0. The minimum atomic E-state index is -0.0218. The summed E-state index contributed by atoms with van der Waals surface area (Å²) in [5, 5.41) is 0. The van der Waals surface area contributed by atoms with Crippen LogP contribution < -0.4 is 11.1 Å². The van der Waals surface area contributed by atoms with Crippen LogP contribution in [0.15, 0.2) is 64.8 Å². The number of rotatable bonds is 5. The molecular formula is C22H25N5O2. The summed E-state index contributed by atoms with van der Waals surface area (Å²) < 4.78 is 3.34. The zero-order valence-electron chi connectivity index (χ0n) is 16.6. The molecule has 0 spiro atoms. The summed E-state index contributed by atoms with van der Waals surface area (Å²) in [6.45, 7) is 3.53. The first-order valence-electron chi connectivity index (χ1n) is 9.93. The van der Waals surface area contributed by atoms with Crippen molar-refractivity contribution < 1.29 is 0 Å². The van der Waals surface area contributed by atoms with E-state index in [0.717, 1.165) is 43.6 Å². The second-order valence-corrected chi connectivity index (χ2v) is 7.71. The molecule has 0 saturated carbocycles. The lowest BCUT2D eigenvalue weighted by molar-refractivity contribution is 0.166. The molecule has 1 aliphatic rings. The van der Waals surface area contributed by atoms with Gasteiger partial charge in [0.25, 0.3) is 5.56 Å². The number of aryl methyl sites for hydroxylation is 1. The van der Waals surface area contributed by atoms with Gasteiger partial charge in [0.15, 0.2) is 0 Å². The van der Waals surface area contributed by atoms with Gasteiger partial charge in [0.2, 0.25) is 5.56 Å². The molecule has 7 nitrogen and oxygen atoms in total. The quantitative estimate of drug-likeness (QED) is 0.664. The Labute approximate surface area is 169 Å². The van der Waals surface area contributed by atoms with E-state index in [2.05, 4.69) is 14.9 Å². The molecule has 0 bridgehead atoms. The molecule has 0 aliphatic carbocycles. The van der Waals surface area contributed by atoms with Crippen molar-refractivity contribution in [3.63, 3.8) is 0 Å². The number of pyridine rings is 2. The van der Waals surface area contributed by atoms with Crippen LogP contribution in [0.2, 0.25) is 0 Å². The minimum absolute atomic E-state index is 0.0149. The maximum Gasteiger partial charge on any atom is 0.253 e. The summed E-state index contributed by atoms with van der Waals surface area (Å²) in [7, 11) is 1.78. The van der Waals surface area contributed by atoms with Crippen LogP contribution in [0.5, 0.6) is 0 Å². The van der Waals surface area contributed by atoms with Crippen molar-refractivity contribution in [1.82, 2.24) is 24.0 Å². The van der Waals surface area contributed by atoms with E-state index in [9.17, 15) is 9.59 Å². The molecule has 3 aromatic rings. The lowest BCUT2D eigenvalue weighted by Gasteiger charge is -2.32. The number of aromatic nitrogens is 4. The first-order chi connectivity index (χ1) is 14.1. The summed E-state index contributed by atoms with van der Waals surface area (Å²) in [5.41, 5.74) is 2.65. The third kappa shape index (κ3) is 4.68. The Balaban J connectivity index is 1.34. The molecule has 4 heterocycles. The molecule has 0 aromatic carbocycles. The van der Waals surface area contributed by atoms with Crippen molar-refractivity contribution in [2.75, 3.05) is 13.1 Å². The molecule has 1 saturated heterocycles. The van der Waals surface area contributed by atoms with Crippen molar-refractivity contribution in [3.8, 4) is 11.3 Å². The minimum Gasteiger partial charge on any atom is -0.318 e. The van der Waals surface area contributed by atoms with Gasteiger partial charge in [-0.25, -0.2) is 4.98 Å².